The predicted octanol–water partition coefficient (Wildman–Crippen LogP) is 4.91. The third kappa shape index (κ3) is 6.47. The normalized spacial score (nSPS) is 12.8. The Labute approximate surface area is 185 Å². The molecule has 0 bridgehead atoms. The number of benzene rings is 2. The molecule has 0 radical (unpaired) electrons. The molecule has 1 amide bonds. The molecule has 0 saturated carbocycles. The van der Waals surface area contributed by atoms with Crippen LogP contribution in [0.5, 0.6) is 5.75 Å². The molecule has 158 valence electrons. The van der Waals surface area contributed by atoms with E-state index in [-0.39, 0.29) is 17.2 Å². The molecule has 1 aromatic heterocycles. The van der Waals surface area contributed by atoms with Crippen LogP contribution in [-0.2, 0) is 11.2 Å². The van der Waals surface area contributed by atoms with E-state index in [0.29, 0.717) is 5.13 Å². The molecule has 3 aromatic rings. The van der Waals surface area contributed by atoms with Crippen LogP contribution in [0.15, 0.2) is 58.9 Å². The summed E-state index contributed by atoms with van der Waals surface area (Å²) < 4.78 is 6.08. The number of amides is 1. The van der Waals surface area contributed by atoms with Crippen LogP contribution in [0.2, 0.25) is 0 Å². The van der Waals surface area contributed by atoms with Crippen molar-refractivity contribution in [3.05, 3.63) is 60.2 Å². The van der Waals surface area contributed by atoms with Gasteiger partial charge in [-0.05, 0) is 44.4 Å². The molecule has 6 nitrogen and oxygen atoms in total. The number of carbonyl (C=O) groups excluding carboxylic acids is 1. The monoisotopic (exact) mass is 442 g/mol. The molecular weight excluding hydrogens is 416 g/mol. The van der Waals surface area contributed by atoms with E-state index in [1.54, 1.807) is 7.11 Å². The first-order valence-electron chi connectivity index (χ1n) is 9.79. The number of methoxy groups -OCH3 is 1. The summed E-state index contributed by atoms with van der Waals surface area (Å²) in [6, 6.07) is 18.0. The van der Waals surface area contributed by atoms with Crippen LogP contribution in [0, 0.1) is 0 Å². The zero-order chi connectivity index (χ0) is 21.3. The van der Waals surface area contributed by atoms with Crippen molar-refractivity contribution in [3.8, 4) is 5.75 Å². The second-order valence-corrected chi connectivity index (χ2v) is 9.46. The first-order valence-corrected chi connectivity index (χ1v) is 11.5. The minimum atomic E-state index is -0.253. The van der Waals surface area contributed by atoms with E-state index in [4.69, 9.17) is 4.74 Å². The Hall–Kier alpha value is -2.58. The molecule has 2 N–H and O–H groups in total. The molecule has 3 rings (SSSR count). The van der Waals surface area contributed by atoms with Gasteiger partial charge in [-0.25, -0.2) is 0 Å². The van der Waals surface area contributed by atoms with Gasteiger partial charge in [0, 0.05) is 6.04 Å². The van der Waals surface area contributed by atoms with E-state index in [1.807, 2.05) is 56.3 Å². The Morgan fingerprint density at radius 2 is 1.83 bits per heavy atom. The minimum absolute atomic E-state index is 0.00926. The highest BCUT2D eigenvalue weighted by molar-refractivity contribution is 8.02. The zero-order valence-corrected chi connectivity index (χ0v) is 18.9. The van der Waals surface area contributed by atoms with Crippen molar-refractivity contribution in [1.82, 2.24) is 15.5 Å². The summed E-state index contributed by atoms with van der Waals surface area (Å²) in [4.78, 5) is 12.5. The number of para-hydroxylation sites is 2. The summed E-state index contributed by atoms with van der Waals surface area (Å²) in [6.45, 7) is 3.93. The van der Waals surface area contributed by atoms with Gasteiger partial charge in [0.25, 0.3) is 0 Å². The largest absolute Gasteiger partial charge is 0.495 e. The maximum absolute atomic E-state index is 12.5. The van der Waals surface area contributed by atoms with Gasteiger partial charge in [-0.1, -0.05) is 65.6 Å². The topological polar surface area (TPSA) is 76.1 Å². The summed E-state index contributed by atoms with van der Waals surface area (Å²) in [5.41, 5.74) is 2.11. The number of thioether (sulfide) groups is 1. The SMILES string of the molecule is COc1ccccc1Nc1nnc(S[C@H](C)C(=O)N[C@@H](C)CCc2ccccc2)s1. The van der Waals surface area contributed by atoms with E-state index in [1.165, 1.54) is 28.7 Å². The number of aryl methyl sites for hydroxylation is 1. The van der Waals surface area contributed by atoms with Gasteiger partial charge >= 0.3 is 0 Å². The van der Waals surface area contributed by atoms with E-state index in [2.05, 4.69) is 33.0 Å². The van der Waals surface area contributed by atoms with Crippen molar-refractivity contribution >= 4 is 39.8 Å². The molecule has 2 atom stereocenters. The Balaban J connectivity index is 1.48. The molecule has 0 saturated heterocycles. The number of anilines is 2. The van der Waals surface area contributed by atoms with E-state index < -0.39 is 0 Å². The number of nitrogens with one attached hydrogen (secondary N) is 2. The van der Waals surface area contributed by atoms with Crippen LogP contribution in [0.4, 0.5) is 10.8 Å². The Morgan fingerprint density at radius 3 is 2.60 bits per heavy atom. The molecule has 0 unspecified atom stereocenters. The summed E-state index contributed by atoms with van der Waals surface area (Å²) in [5, 5.41) is 15.1. The molecule has 0 spiro atoms. The molecule has 0 aliphatic carbocycles. The molecule has 0 aliphatic heterocycles. The van der Waals surface area contributed by atoms with E-state index >= 15 is 0 Å². The smallest absolute Gasteiger partial charge is 0.233 e. The highest BCUT2D eigenvalue weighted by Gasteiger charge is 2.19. The quantitative estimate of drug-likeness (QED) is 0.435. The van der Waals surface area contributed by atoms with Crippen molar-refractivity contribution in [2.24, 2.45) is 0 Å². The summed E-state index contributed by atoms with van der Waals surface area (Å²) in [7, 11) is 1.63. The predicted molar refractivity (Wildman–Crippen MR) is 124 cm³/mol. The van der Waals surface area contributed by atoms with Crippen LogP contribution in [0.25, 0.3) is 0 Å². The standard InChI is InChI=1S/C22H26N4O2S2/c1-15(13-14-17-9-5-4-6-10-17)23-20(27)16(2)29-22-26-25-21(30-22)24-18-11-7-8-12-19(18)28-3/h4-12,15-16H,13-14H2,1-3H3,(H,23,27)(H,24,25)/t15-,16+/m0/s1. The van der Waals surface area contributed by atoms with Crippen LogP contribution in [-0.4, -0.2) is 34.5 Å². The lowest BCUT2D eigenvalue weighted by Crippen LogP contribution is -2.37. The fourth-order valence-corrected chi connectivity index (χ4v) is 4.75. The highest BCUT2D eigenvalue weighted by Crippen LogP contribution is 2.33. The average Bonchev–Trinajstić information content (AvgIpc) is 3.20. The molecule has 1 heterocycles. The summed E-state index contributed by atoms with van der Waals surface area (Å²) in [5.74, 6) is 0.745. The second-order valence-electron chi connectivity index (χ2n) is 6.89. The molecule has 8 heteroatoms. The van der Waals surface area contributed by atoms with Crippen LogP contribution < -0.4 is 15.4 Å². The van der Waals surface area contributed by atoms with Crippen molar-refractivity contribution in [1.29, 1.82) is 0 Å². The third-order valence-electron chi connectivity index (χ3n) is 4.50. The average molecular weight is 443 g/mol. The van der Waals surface area contributed by atoms with Crippen LogP contribution in [0.1, 0.15) is 25.8 Å². The lowest BCUT2D eigenvalue weighted by molar-refractivity contribution is -0.120. The Morgan fingerprint density at radius 1 is 1.10 bits per heavy atom. The maximum Gasteiger partial charge on any atom is 0.233 e. The molecular formula is C22H26N4O2S2. The summed E-state index contributed by atoms with van der Waals surface area (Å²) >= 11 is 2.82. The number of aromatic nitrogens is 2. The van der Waals surface area contributed by atoms with Gasteiger partial charge in [-0.15, -0.1) is 10.2 Å². The van der Waals surface area contributed by atoms with Crippen LogP contribution in [0.3, 0.4) is 0 Å². The molecule has 0 fully saturated rings. The lowest BCUT2D eigenvalue weighted by Gasteiger charge is -2.16. The van der Waals surface area contributed by atoms with Crippen molar-refractivity contribution in [2.45, 2.75) is 42.3 Å². The van der Waals surface area contributed by atoms with Gasteiger partial charge in [-0.3, -0.25) is 4.79 Å². The molecule has 2 aromatic carbocycles. The first kappa shape index (κ1) is 22.1. The highest BCUT2D eigenvalue weighted by atomic mass is 32.2. The third-order valence-corrected chi connectivity index (χ3v) is 6.52. The lowest BCUT2D eigenvalue weighted by atomic mass is 10.1. The molecule has 0 aliphatic rings. The van der Waals surface area contributed by atoms with Crippen molar-refractivity contribution in [2.75, 3.05) is 12.4 Å². The van der Waals surface area contributed by atoms with Gasteiger partial charge in [0.05, 0.1) is 18.0 Å². The van der Waals surface area contributed by atoms with Gasteiger partial charge in [0.2, 0.25) is 11.0 Å². The second kappa shape index (κ2) is 11.0. The number of carbonyl (C=O) groups is 1. The fraction of sp³-hybridized carbons (Fsp3) is 0.318. The van der Waals surface area contributed by atoms with Gasteiger partial charge < -0.3 is 15.4 Å². The van der Waals surface area contributed by atoms with Crippen LogP contribution >= 0.6 is 23.1 Å². The number of nitrogens with zero attached hydrogens (tertiary/aromatic N) is 2. The van der Waals surface area contributed by atoms with Crippen molar-refractivity contribution < 1.29 is 9.53 Å². The molecule has 30 heavy (non-hydrogen) atoms. The fourth-order valence-electron chi connectivity index (χ4n) is 2.84. The van der Waals surface area contributed by atoms with E-state index in [0.717, 1.165) is 28.6 Å². The van der Waals surface area contributed by atoms with E-state index in [9.17, 15) is 4.79 Å². The van der Waals surface area contributed by atoms with Gasteiger partial charge in [0.15, 0.2) is 4.34 Å². The number of ether oxygens (including phenoxy) is 1. The number of rotatable bonds is 10. The number of hydrogen-bond acceptors (Lipinski definition) is 7. The zero-order valence-electron chi connectivity index (χ0n) is 17.3. The summed E-state index contributed by atoms with van der Waals surface area (Å²) in [6.07, 6.45) is 1.84. The van der Waals surface area contributed by atoms with Crippen molar-refractivity contribution in [3.63, 3.8) is 0 Å². The van der Waals surface area contributed by atoms with Gasteiger partial charge in [0.1, 0.15) is 5.75 Å². The first-order chi connectivity index (χ1) is 14.5. The Kier molecular flexibility index (Phi) is 8.10. The maximum atomic E-state index is 12.5. The number of hydrogen-bond donors (Lipinski definition) is 2. The van der Waals surface area contributed by atoms with Gasteiger partial charge in [-0.2, -0.15) is 0 Å². The Bertz CT molecular complexity index is 949. The minimum Gasteiger partial charge on any atom is -0.495 e.